The number of rotatable bonds is 30. The molecule has 4 aliphatic heterocycles. The molecule has 8 amide bonds. The van der Waals surface area contributed by atoms with Gasteiger partial charge in [-0.1, -0.05) is 44.5 Å². The molecule has 4 fully saturated rings. The number of imide groups is 1. The van der Waals surface area contributed by atoms with Crippen molar-refractivity contribution in [2.45, 2.75) is 158 Å². The van der Waals surface area contributed by atoms with Gasteiger partial charge in [-0.2, -0.15) is 11.8 Å². The van der Waals surface area contributed by atoms with E-state index in [1.807, 2.05) is 13.8 Å². The molecule has 31 heteroatoms. The quantitative estimate of drug-likeness (QED) is 0.0210. The highest BCUT2D eigenvalue weighted by Crippen LogP contribution is 2.53. The number of nitrogens with zero attached hydrogens (tertiary/aromatic N) is 4. The van der Waals surface area contributed by atoms with E-state index in [1.165, 1.54) is 68.1 Å². The van der Waals surface area contributed by atoms with Crippen LogP contribution in [0.3, 0.4) is 0 Å². The molecule has 3 aromatic carbocycles. The van der Waals surface area contributed by atoms with Gasteiger partial charge in [0.15, 0.2) is 31.2 Å². The molecular formula is C67H89N9O21S. The highest BCUT2D eigenvalue weighted by atomic mass is 32.2. The minimum absolute atomic E-state index is 0.0513. The summed E-state index contributed by atoms with van der Waals surface area (Å²) < 4.78 is 47.0. The average molecular weight is 1390 g/mol. The van der Waals surface area contributed by atoms with Gasteiger partial charge in [-0.3, -0.25) is 43.4 Å². The van der Waals surface area contributed by atoms with Gasteiger partial charge in [-0.05, 0) is 68.5 Å². The molecule has 30 nitrogen and oxygen atoms in total. The smallest absolute Gasteiger partial charge is 0.409 e. The van der Waals surface area contributed by atoms with Crippen LogP contribution in [0.5, 0.6) is 17.2 Å². The summed E-state index contributed by atoms with van der Waals surface area (Å²) in [7, 11) is 5.63. The molecule has 9 rings (SSSR count). The molecule has 6 aliphatic rings. The molecular weight excluding hydrogens is 1300 g/mol. The maximum Gasteiger partial charge on any atom is 0.409 e. The van der Waals surface area contributed by atoms with E-state index in [9.17, 15) is 63.3 Å². The van der Waals surface area contributed by atoms with Crippen molar-refractivity contribution >= 4 is 76.6 Å². The normalized spacial score (nSPS) is 23.9. The first-order valence-electron chi connectivity index (χ1n) is 32.8. The molecule has 1 unspecified atom stereocenters. The van der Waals surface area contributed by atoms with Crippen LogP contribution in [-0.4, -0.2) is 241 Å². The molecule has 4 saturated heterocycles. The molecule has 0 aromatic heterocycles. The van der Waals surface area contributed by atoms with Crippen LogP contribution in [0.25, 0.3) is 0 Å². The van der Waals surface area contributed by atoms with Crippen molar-refractivity contribution in [2.75, 3.05) is 92.4 Å². The first-order valence-corrected chi connectivity index (χ1v) is 34.1. The fourth-order valence-electron chi connectivity index (χ4n) is 13.5. The van der Waals surface area contributed by atoms with Crippen LogP contribution in [0.2, 0.25) is 0 Å². The number of phenols is 2. The van der Waals surface area contributed by atoms with Crippen LogP contribution in [0.4, 0.5) is 20.1 Å². The molecule has 0 spiro atoms. The number of methoxy groups -OCH3 is 2. The van der Waals surface area contributed by atoms with Crippen LogP contribution in [0, 0.1) is 5.92 Å². The maximum atomic E-state index is 14.3. The summed E-state index contributed by atoms with van der Waals surface area (Å²) in [6.07, 6.45) is -2.71. The number of morpholine rings is 1. The van der Waals surface area contributed by atoms with Crippen molar-refractivity contribution in [2.24, 2.45) is 11.7 Å². The van der Waals surface area contributed by atoms with Crippen molar-refractivity contribution in [3.63, 3.8) is 0 Å². The van der Waals surface area contributed by atoms with Crippen molar-refractivity contribution in [3.8, 4) is 17.2 Å². The molecule has 9 N–H and O–H groups in total. The predicted octanol–water partition coefficient (Wildman–Crippen LogP) is 3.59. The number of aliphatic hydroxyl groups is 1. The Morgan fingerprint density at radius 1 is 0.878 bits per heavy atom. The third kappa shape index (κ3) is 16.8. The van der Waals surface area contributed by atoms with E-state index in [0.717, 1.165) is 4.90 Å². The molecule has 0 saturated carbocycles. The standard InChI is InChI=1S/C67H89N9O21S/c1-35(2)55(72-47(78)17-10-9-11-23-76-49(80)29-45(98-8)61(76)85)41(15-13-22-69-64(68)86)70-32-48(79)71-38-20-18-37(19-21-38)33-93-65(87)73(4)24-25-74(5)66(88)94-34-46(77)67(89)30-40-52(59(84)54-53(57(40)82)56(81)39-14-12-16-43(90-6)51(39)58(54)83)44(31-67)96-50-28-42-60(36(3)95-50)97-62-63(91-7)92-27-26-75(42)62/h12,14,16,18-21,35-36,41-42,44-45,50,55,60,62-63,70,82,84,89H,9-11,13,15,17,22-34H2,1-8H3,(H,71,79)(H,72,78)(H3,68,69,86)/t36-,41+,42-,44-,45?,50-,55-,60+,62+,63-,67-/m0/s1. The summed E-state index contributed by atoms with van der Waals surface area (Å²) in [5, 5.41) is 48.2. The number of unbranched alkanes of at least 4 members (excludes halogenated alkanes) is 2. The zero-order valence-corrected chi connectivity index (χ0v) is 57.1. The zero-order chi connectivity index (χ0) is 70.9. The number of aromatic hydroxyl groups is 2. The lowest BCUT2D eigenvalue weighted by atomic mass is 9.72. The van der Waals surface area contributed by atoms with Gasteiger partial charge in [0.1, 0.15) is 35.6 Å². The number of likely N-dealkylation sites (N-methyl/N-ethyl adjacent to an activating group) is 2. The number of likely N-dealkylation sites (tertiary alicyclic amines) is 1. The number of phenolic OH excluding ortho intramolecular Hbond substituents is 2. The molecule has 4 heterocycles. The Morgan fingerprint density at radius 2 is 1.59 bits per heavy atom. The number of ether oxygens (including phenoxy) is 8. The van der Waals surface area contributed by atoms with E-state index < -0.39 is 126 Å². The SMILES string of the molecule is COc1cccc2c1C(=O)c1c(O)c3c(c(O)c1C2=O)C[C@@](O)(C(=O)COC(=O)N(C)CCN(C)C(=O)OCc1ccc(NC(=O)CN[C@H](CCCNC(N)=O)[C@@H](NC(=O)CCCCCN2C(=O)CC(SC)C2=O)C(C)C)cc1)C[C@@H]3O[C@H]1C[C@H]2[C@H](O[C@@H]3[C@@H](OC)OCCN32)[C@H](C)O1. The largest absolute Gasteiger partial charge is 0.507 e. The Morgan fingerprint density at radius 3 is 2.27 bits per heavy atom. The zero-order valence-electron chi connectivity index (χ0n) is 56.3. The number of fused-ring (bicyclic) bond motifs is 6. The number of benzene rings is 3. The minimum Gasteiger partial charge on any atom is -0.507 e. The van der Waals surface area contributed by atoms with Gasteiger partial charge >= 0.3 is 18.2 Å². The number of hydrogen-bond acceptors (Lipinski definition) is 24. The number of anilines is 1. The highest BCUT2D eigenvalue weighted by Gasteiger charge is 2.56. The summed E-state index contributed by atoms with van der Waals surface area (Å²) in [5.74, 6) is -5.08. The summed E-state index contributed by atoms with van der Waals surface area (Å²) in [6.45, 7) is 5.70. The Hall–Kier alpha value is -8.01. The molecule has 11 atom stereocenters. The highest BCUT2D eigenvalue weighted by molar-refractivity contribution is 8.00. The van der Waals surface area contributed by atoms with Crippen LogP contribution in [0.15, 0.2) is 42.5 Å². The lowest BCUT2D eigenvalue weighted by Gasteiger charge is -2.43. The fraction of sp³-hybridized carbons (Fsp3) is 0.582. The van der Waals surface area contributed by atoms with E-state index >= 15 is 0 Å². The number of ketones is 3. The molecule has 2 aliphatic carbocycles. The number of urea groups is 1. The Balaban J connectivity index is 0.755. The van der Waals surface area contributed by atoms with Gasteiger partial charge in [0, 0.05) is 127 Å². The average Bonchev–Trinajstić information content (AvgIpc) is 0.888. The number of carbonyl (C=O) groups excluding carboxylic acids is 10. The number of hydrogen-bond donors (Lipinski definition) is 8. The van der Waals surface area contributed by atoms with Crippen molar-refractivity contribution in [1.82, 2.24) is 35.6 Å². The number of carbonyl (C=O) groups is 10. The van der Waals surface area contributed by atoms with Gasteiger partial charge in [0.05, 0.1) is 54.4 Å². The van der Waals surface area contributed by atoms with E-state index in [4.69, 9.17) is 43.6 Å². The molecule has 98 heavy (non-hydrogen) atoms. The van der Waals surface area contributed by atoms with E-state index in [2.05, 4.69) is 26.2 Å². The Bertz CT molecular complexity index is 3490. The number of nitrogens with two attached hydrogens (primary N) is 1. The second kappa shape index (κ2) is 32.8. The third-order valence-corrected chi connectivity index (χ3v) is 19.7. The third-order valence-electron chi connectivity index (χ3n) is 18.8. The number of nitrogens with one attached hydrogen (secondary N) is 4. The number of thioether (sulfide) groups is 1. The molecule has 3 aromatic rings. The lowest BCUT2D eigenvalue weighted by molar-refractivity contribution is -0.256. The molecule has 534 valence electrons. The minimum atomic E-state index is -2.47. The number of amides is 8. The van der Waals surface area contributed by atoms with Gasteiger partial charge in [-0.25, -0.2) is 14.4 Å². The molecule has 0 radical (unpaired) electrons. The Kier molecular flexibility index (Phi) is 24.8. The van der Waals surface area contributed by atoms with Gasteiger partial charge in [0.25, 0.3) is 0 Å². The summed E-state index contributed by atoms with van der Waals surface area (Å²) in [5.41, 5.74) is 2.10. The number of primary amides is 1. The van der Waals surface area contributed by atoms with Crippen molar-refractivity contribution in [1.29, 1.82) is 0 Å². The van der Waals surface area contributed by atoms with Gasteiger partial charge < -0.3 is 90.0 Å². The summed E-state index contributed by atoms with van der Waals surface area (Å²) in [4.78, 5) is 138. The van der Waals surface area contributed by atoms with Crippen molar-refractivity contribution < 1.29 is 101 Å². The summed E-state index contributed by atoms with van der Waals surface area (Å²) >= 11 is 1.36. The first-order chi connectivity index (χ1) is 46.8. The van der Waals surface area contributed by atoms with E-state index in [0.29, 0.717) is 63.1 Å². The fourth-order valence-corrected chi connectivity index (χ4v) is 14.1. The van der Waals surface area contributed by atoms with Crippen LogP contribution >= 0.6 is 11.8 Å². The van der Waals surface area contributed by atoms with Gasteiger partial charge in [0.2, 0.25) is 35.2 Å². The topological polar surface area (TPSA) is 392 Å². The van der Waals surface area contributed by atoms with Crippen LogP contribution in [-0.2, 0) is 70.2 Å². The lowest BCUT2D eigenvalue weighted by Crippen LogP contribution is -2.55. The van der Waals surface area contributed by atoms with Gasteiger partial charge in [-0.15, -0.1) is 0 Å². The monoisotopic (exact) mass is 1390 g/mol. The predicted molar refractivity (Wildman–Crippen MR) is 351 cm³/mol. The number of Topliss-reactive ketones (excluding diaryl/α,β-unsaturated/α-hetero) is 1. The first kappa shape index (κ1) is 74.2. The maximum absolute atomic E-state index is 14.3. The summed E-state index contributed by atoms with van der Waals surface area (Å²) in [6, 6.07) is 9.18. The van der Waals surface area contributed by atoms with Crippen LogP contribution < -0.4 is 31.7 Å². The van der Waals surface area contributed by atoms with Crippen LogP contribution in [0.1, 0.15) is 133 Å². The second-order valence-corrected chi connectivity index (χ2v) is 26.7. The van der Waals surface area contributed by atoms with E-state index in [1.54, 1.807) is 37.4 Å². The second-order valence-electron chi connectivity index (χ2n) is 25.7. The molecule has 0 bridgehead atoms. The van der Waals surface area contributed by atoms with E-state index in [-0.39, 0.29) is 127 Å². The Labute approximate surface area is 571 Å². The van der Waals surface area contributed by atoms with Crippen molar-refractivity contribution in [3.05, 3.63) is 81.4 Å².